The summed E-state index contributed by atoms with van der Waals surface area (Å²) >= 11 is 3.48. The molecule has 0 saturated carbocycles. The molecule has 0 bridgehead atoms. The van der Waals surface area contributed by atoms with Crippen molar-refractivity contribution in [3.8, 4) is 11.6 Å². The number of aromatic nitrogens is 1. The first-order valence-corrected chi connectivity index (χ1v) is 7.59. The number of benzene rings is 1. The van der Waals surface area contributed by atoms with Crippen LogP contribution in [0.3, 0.4) is 0 Å². The molecule has 0 aliphatic rings. The molecule has 0 fully saturated rings. The van der Waals surface area contributed by atoms with Crippen LogP contribution in [0.25, 0.3) is 0 Å². The van der Waals surface area contributed by atoms with Crippen molar-refractivity contribution in [1.29, 1.82) is 0 Å². The molecular formula is C16H19BrN2O. The highest BCUT2D eigenvalue weighted by atomic mass is 79.9. The molecule has 3 nitrogen and oxygen atoms in total. The van der Waals surface area contributed by atoms with Gasteiger partial charge < -0.3 is 10.1 Å². The minimum atomic E-state index is 0.627. The van der Waals surface area contributed by atoms with Crippen LogP contribution in [0.15, 0.2) is 40.9 Å². The van der Waals surface area contributed by atoms with Crippen LogP contribution in [-0.4, -0.2) is 11.5 Å². The number of hydrogen-bond donors (Lipinski definition) is 1. The summed E-state index contributed by atoms with van der Waals surface area (Å²) in [5.41, 5.74) is 2.13. The largest absolute Gasteiger partial charge is 0.439 e. The van der Waals surface area contributed by atoms with Gasteiger partial charge in [-0.3, -0.25) is 0 Å². The van der Waals surface area contributed by atoms with E-state index in [4.69, 9.17) is 4.74 Å². The van der Waals surface area contributed by atoms with Gasteiger partial charge in [0.15, 0.2) is 0 Å². The number of aryl methyl sites for hydroxylation is 1. The Hall–Kier alpha value is -1.39. The fourth-order valence-electron chi connectivity index (χ4n) is 1.81. The Morgan fingerprint density at radius 2 is 2.10 bits per heavy atom. The number of nitrogens with one attached hydrogen (secondary N) is 1. The van der Waals surface area contributed by atoms with E-state index in [2.05, 4.69) is 33.2 Å². The average Bonchev–Trinajstić information content (AvgIpc) is 2.44. The van der Waals surface area contributed by atoms with Crippen LogP contribution >= 0.6 is 15.9 Å². The van der Waals surface area contributed by atoms with E-state index >= 15 is 0 Å². The maximum absolute atomic E-state index is 5.80. The number of rotatable bonds is 6. The predicted molar refractivity (Wildman–Crippen MR) is 85.2 cm³/mol. The van der Waals surface area contributed by atoms with E-state index in [9.17, 15) is 0 Å². The maximum atomic E-state index is 5.80. The van der Waals surface area contributed by atoms with Gasteiger partial charge in [-0.15, -0.1) is 0 Å². The molecule has 0 spiro atoms. The fourth-order valence-corrected chi connectivity index (χ4v) is 2.05. The highest BCUT2D eigenvalue weighted by molar-refractivity contribution is 9.10. The van der Waals surface area contributed by atoms with Crippen LogP contribution in [0.5, 0.6) is 11.6 Å². The van der Waals surface area contributed by atoms with Crippen molar-refractivity contribution in [3.05, 3.63) is 52.1 Å². The van der Waals surface area contributed by atoms with Gasteiger partial charge in [0.05, 0.1) is 5.69 Å². The van der Waals surface area contributed by atoms with Crippen LogP contribution in [0.4, 0.5) is 0 Å². The monoisotopic (exact) mass is 334 g/mol. The van der Waals surface area contributed by atoms with Gasteiger partial charge in [0.1, 0.15) is 5.75 Å². The van der Waals surface area contributed by atoms with Gasteiger partial charge in [-0.25, -0.2) is 4.98 Å². The molecule has 0 unspecified atom stereocenters. The standard InChI is InChI=1S/C16H19BrN2O/c1-3-9-18-11-13-5-4-6-16(19-13)20-14-7-8-15(17)12(2)10-14/h4-8,10,18H,3,9,11H2,1-2H3. The molecular weight excluding hydrogens is 316 g/mol. The van der Waals surface area contributed by atoms with Crippen molar-refractivity contribution in [2.75, 3.05) is 6.54 Å². The summed E-state index contributed by atoms with van der Waals surface area (Å²) in [6.45, 7) is 5.95. The lowest BCUT2D eigenvalue weighted by Crippen LogP contribution is -2.14. The van der Waals surface area contributed by atoms with Crippen molar-refractivity contribution >= 4 is 15.9 Å². The van der Waals surface area contributed by atoms with E-state index in [-0.39, 0.29) is 0 Å². The number of nitrogens with zero attached hydrogens (tertiary/aromatic N) is 1. The molecule has 0 aliphatic carbocycles. The zero-order valence-corrected chi connectivity index (χ0v) is 13.4. The second kappa shape index (κ2) is 7.41. The molecule has 20 heavy (non-hydrogen) atoms. The number of hydrogen-bond acceptors (Lipinski definition) is 3. The second-order valence-electron chi connectivity index (χ2n) is 4.66. The van der Waals surface area contributed by atoms with Crippen molar-refractivity contribution < 1.29 is 4.74 Å². The molecule has 4 heteroatoms. The molecule has 106 valence electrons. The van der Waals surface area contributed by atoms with Gasteiger partial charge >= 0.3 is 0 Å². The molecule has 0 saturated heterocycles. The van der Waals surface area contributed by atoms with Gasteiger partial charge in [0.25, 0.3) is 0 Å². The number of halogens is 1. The van der Waals surface area contributed by atoms with Gasteiger partial charge in [-0.05, 0) is 49.7 Å². The molecule has 0 aliphatic heterocycles. The Labute approximate surface area is 128 Å². The van der Waals surface area contributed by atoms with Crippen LogP contribution in [-0.2, 0) is 6.54 Å². The van der Waals surface area contributed by atoms with E-state index in [1.165, 1.54) is 0 Å². The summed E-state index contributed by atoms with van der Waals surface area (Å²) < 4.78 is 6.88. The quantitative estimate of drug-likeness (QED) is 0.792. The van der Waals surface area contributed by atoms with Crippen LogP contribution in [0.1, 0.15) is 24.6 Å². The van der Waals surface area contributed by atoms with E-state index in [0.29, 0.717) is 5.88 Å². The second-order valence-corrected chi connectivity index (χ2v) is 5.51. The summed E-state index contributed by atoms with van der Waals surface area (Å²) in [5.74, 6) is 1.43. The first kappa shape index (κ1) is 15.0. The lowest BCUT2D eigenvalue weighted by Gasteiger charge is -2.08. The molecule has 2 aromatic rings. The molecule has 1 aromatic heterocycles. The molecule has 0 amide bonds. The highest BCUT2D eigenvalue weighted by Gasteiger charge is 2.02. The molecule has 1 N–H and O–H groups in total. The Balaban J connectivity index is 2.05. The lowest BCUT2D eigenvalue weighted by molar-refractivity contribution is 0.459. The third-order valence-electron chi connectivity index (χ3n) is 2.87. The zero-order chi connectivity index (χ0) is 14.4. The first-order chi connectivity index (χ1) is 9.69. The van der Waals surface area contributed by atoms with Crippen molar-refractivity contribution in [2.24, 2.45) is 0 Å². The number of ether oxygens (including phenoxy) is 1. The Kier molecular flexibility index (Phi) is 5.56. The average molecular weight is 335 g/mol. The lowest BCUT2D eigenvalue weighted by atomic mass is 10.2. The highest BCUT2D eigenvalue weighted by Crippen LogP contribution is 2.25. The third kappa shape index (κ3) is 4.32. The normalized spacial score (nSPS) is 10.6. The van der Waals surface area contributed by atoms with Crippen molar-refractivity contribution in [1.82, 2.24) is 10.3 Å². The molecule has 0 radical (unpaired) electrons. The summed E-state index contributed by atoms with van der Waals surface area (Å²) in [6.07, 6.45) is 1.12. The molecule has 1 aromatic carbocycles. The maximum Gasteiger partial charge on any atom is 0.219 e. The van der Waals surface area contributed by atoms with E-state index in [1.807, 2.05) is 43.3 Å². The SMILES string of the molecule is CCCNCc1cccc(Oc2ccc(Br)c(C)c2)n1. The van der Waals surface area contributed by atoms with Crippen LogP contribution in [0, 0.1) is 6.92 Å². The zero-order valence-electron chi connectivity index (χ0n) is 11.8. The Morgan fingerprint density at radius 3 is 2.85 bits per heavy atom. The minimum absolute atomic E-state index is 0.627. The van der Waals surface area contributed by atoms with Gasteiger partial charge in [0, 0.05) is 17.1 Å². The smallest absolute Gasteiger partial charge is 0.219 e. The van der Waals surface area contributed by atoms with Gasteiger partial charge in [0.2, 0.25) is 5.88 Å². The van der Waals surface area contributed by atoms with Gasteiger partial charge in [-0.2, -0.15) is 0 Å². The molecule has 1 heterocycles. The van der Waals surface area contributed by atoms with E-state index in [0.717, 1.165) is 41.0 Å². The Morgan fingerprint density at radius 1 is 1.25 bits per heavy atom. The summed E-state index contributed by atoms with van der Waals surface area (Å²) in [7, 11) is 0. The van der Waals surface area contributed by atoms with E-state index < -0.39 is 0 Å². The summed E-state index contributed by atoms with van der Waals surface area (Å²) in [4.78, 5) is 4.50. The number of pyridine rings is 1. The topological polar surface area (TPSA) is 34.1 Å². The third-order valence-corrected chi connectivity index (χ3v) is 3.76. The molecule has 0 atom stereocenters. The summed E-state index contributed by atoms with van der Waals surface area (Å²) in [6, 6.07) is 11.8. The fraction of sp³-hybridized carbons (Fsp3) is 0.312. The summed E-state index contributed by atoms with van der Waals surface area (Å²) in [5, 5.41) is 3.33. The molecule has 2 rings (SSSR count). The van der Waals surface area contributed by atoms with Crippen molar-refractivity contribution in [3.63, 3.8) is 0 Å². The predicted octanol–water partition coefficient (Wildman–Crippen LogP) is 4.44. The first-order valence-electron chi connectivity index (χ1n) is 6.79. The van der Waals surface area contributed by atoms with Crippen molar-refractivity contribution in [2.45, 2.75) is 26.8 Å². The van der Waals surface area contributed by atoms with E-state index in [1.54, 1.807) is 0 Å². The van der Waals surface area contributed by atoms with Crippen LogP contribution < -0.4 is 10.1 Å². The van der Waals surface area contributed by atoms with Crippen LogP contribution in [0.2, 0.25) is 0 Å². The van der Waals surface area contributed by atoms with Gasteiger partial charge in [-0.1, -0.05) is 28.9 Å². The minimum Gasteiger partial charge on any atom is -0.439 e. The Bertz CT molecular complexity index is 572.